The molecule has 0 saturated carbocycles. The molecular formula is C23H18N2O4. The highest BCUT2D eigenvalue weighted by Crippen LogP contribution is 2.33. The van der Waals surface area contributed by atoms with Crippen LogP contribution in [0.1, 0.15) is 21.5 Å². The topological polar surface area (TPSA) is 73.6 Å². The van der Waals surface area contributed by atoms with Gasteiger partial charge in [-0.25, -0.2) is 4.98 Å². The number of rotatable bonds is 3. The van der Waals surface area contributed by atoms with E-state index in [0.29, 0.717) is 39.7 Å². The maximum absolute atomic E-state index is 12.6. The lowest BCUT2D eigenvalue weighted by Crippen LogP contribution is -2.11. The van der Waals surface area contributed by atoms with E-state index in [2.05, 4.69) is 16.4 Å². The van der Waals surface area contributed by atoms with Crippen LogP contribution in [-0.4, -0.2) is 17.7 Å². The molecule has 0 radical (unpaired) electrons. The highest BCUT2D eigenvalue weighted by atomic mass is 16.7. The van der Waals surface area contributed by atoms with Crippen LogP contribution >= 0.6 is 0 Å². The van der Waals surface area contributed by atoms with Crippen LogP contribution in [0.5, 0.6) is 11.5 Å². The fraction of sp³-hybridized carbons (Fsp3) is 0.130. The number of oxazole rings is 1. The molecule has 6 nitrogen and oxygen atoms in total. The summed E-state index contributed by atoms with van der Waals surface area (Å²) < 4.78 is 16.5. The number of nitrogens with one attached hydrogen (secondary N) is 1. The Morgan fingerprint density at radius 3 is 2.55 bits per heavy atom. The van der Waals surface area contributed by atoms with Crippen molar-refractivity contribution < 1.29 is 18.7 Å². The Morgan fingerprint density at radius 1 is 0.931 bits per heavy atom. The second-order valence-corrected chi connectivity index (χ2v) is 7.10. The van der Waals surface area contributed by atoms with Crippen molar-refractivity contribution in [1.82, 2.24) is 4.98 Å². The van der Waals surface area contributed by atoms with E-state index in [-0.39, 0.29) is 12.7 Å². The van der Waals surface area contributed by atoms with E-state index < -0.39 is 0 Å². The van der Waals surface area contributed by atoms with Gasteiger partial charge in [0.15, 0.2) is 17.1 Å². The summed E-state index contributed by atoms with van der Waals surface area (Å²) in [6, 6.07) is 16.7. The molecule has 1 aliphatic rings. The smallest absolute Gasteiger partial charge is 0.255 e. The quantitative estimate of drug-likeness (QED) is 0.531. The second-order valence-electron chi connectivity index (χ2n) is 7.10. The molecule has 0 bridgehead atoms. The number of fused-ring (bicyclic) bond motifs is 2. The van der Waals surface area contributed by atoms with Gasteiger partial charge in [0.1, 0.15) is 5.52 Å². The zero-order chi connectivity index (χ0) is 20.0. The third-order valence-electron chi connectivity index (χ3n) is 4.75. The molecule has 0 unspecified atom stereocenters. The van der Waals surface area contributed by atoms with Gasteiger partial charge in [-0.2, -0.15) is 0 Å². The average molecular weight is 386 g/mol. The van der Waals surface area contributed by atoms with Crippen molar-refractivity contribution >= 4 is 22.7 Å². The molecule has 3 aromatic carbocycles. The van der Waals surface area contributed by atoms with Crippen LogP contribution in [0.3, 0.4) is 0 Å². The van der Waals surface area contributed by atoms with Gasteiger partial charge < -0.3 is 19.2 Å². The van der Waals surface area contributed by atoms with E-state index >= 15 is 0 Å². The molecule has 144 valence electrons. The van der Waals surface area contributed by atoms with Gasteiger partial charge in [0.05, 0.1) is 0 Å². The molecule has 0 atom stereocenters. The number of aromatic nitrogens is 1. The van der Waals surface area contributed by atoms with Gasteiger partial charge in [-0.1, -0.05) is 17.2 Å². The molecule has 29 heavy (non-hydrogen) atoms. The molecule has 2 heterocycles. The van der Waals surface area contributed by atoms with Crippen molar-refractivity contribution in [3.63, 3.8) is 0 Å². The van der Waals surface area contributed by atoms with Gasteiger partial charge in [-0.05, 0) is 62.4 Å². The zero-order valence-electron chi connectivity index (χ0n) is 16.0. The SMILES string of the molecule is Cc1cc(C)cc(-c2nc3cc(NC(=O)c4ccc5c(c4)OCO5)ccc3o2)c1. The summed E-state index contributed by atoms with van der Waals surface area (Å²) in [5.74, 6) is 1.54. The van der Waals surface area contributed by atoms with E-state index in [4.69, 9.17) is 13.9 Å². The van der Waals surface area contributed by atoms with Crippen molar-refractivity contribution in [2.24, 2.45) is 0 Å². The number of anilines is 1. The first kappa shape index (κ1) is 17.3. The minimum absolute atomic E-state index is 0.173. The molecule has 0 fully saturated rings. The van der Waals surface area contributed by atoms with Gasteiger partial charge in [-0.15, -0.1) is 0 Å². The molecule has 1 N–H and O–H groups in total. The van der Waals surface area contributed by atoms with Gasteiger partial charge in [0.2, 0.25) is 12.7 Å². The Hall–Kier alpha value is -3.80. The molecule has 1 amide bonds. The number of aryl methyl sites for hydroxylation is 2. The lowest BCUT2D eigenvalue weighted by atomic mass is 10.1. The summed E-state index contributed by atoms with van der Waals surface area (Å²) in [7, 11) is 0. The standard InChI is InChI=1S/C23H18N2O4/c1-13-7-14(2)9-16(8-13)23-25-18-11-17(4-6-19(18)29-23)24-22(26)15-3-5-20-21(10-15)28-12-27-20/h3-11H,12H2,1-2H3,(H,24,26). The molecule has 1 aliphatic heterocycles. The molecule has 0 aliphatic carbocycles. The minimum Gasteiger partial charge on any atom is -0.454 e. The van der Waals surface area contributed by atoms with Crippen molar-refractivity contribution in [3.8, 4) is 23.0 Å². The van der Waals surface area contributed by atoms with Crippen LogP contribution in [-0.2, 0) is 0 Å². The third kappa shape index (κ3) is 3.29. The van der Waals surface area contributed by atoms with Crippen molar-refractivity contribution in [3.05, 3.63) is 71.3 Å². The maximum atomic E-state index is 12.6. The molecular weight excluding hydrogens is 368 g/mol. The first-order valence-electron chi connectivity index (χ1n) is 9.25. The largest absolute Gasteiger partial charge is 0.454 e. The Labute approximate surface area is 167 Å². The highest BCUT2D eigenvalue weighted by molar-refractivity contribution is 6.05. The predicted octanol–water partition coefficient (Wildman–Crippen LogP) is 5.09. The monoisotopic (exact) mass is 386 g/mol. The van der Waals surface area contributed by atoms with Crippen LogP contribution in [0.15, 0.2) is 59.0 Å². The third-order valence-corrected chi connectivity index (χ3v) is 4.75. The van der Waals surface area contributed by atoms with Gasteiger partial charge in [0.25, 0.3) is 5.91 Å². The zero-order valence-corrected chi connectivity index (χ0v) is 16.0. The number of carbonyl (C=O) groups is 1. The number of amides is 1. The molecule has 0 spiro atoms. The minimum atomic E-state index is -0.235. The van der Waals surface area contributed by atoms with Gasteiger partial charge >= 0.3 is 0 Å². The Bertz CT molecular complexity index is 1240. The summed E-state index contributed by atoms with van der Waals surface area (Å²) >= 11 is 0. The van der Waals surface area contributed by atoms with E-state index in [1.165, 1.54) is 0 Å². The molecule has 5 rings (SSSR count). The maximum Gasteiger partial charge on any atom is 0.255 e. The molecule has 1 aromatic heterocycles. The van der Waals surface area contributed by atoms with E-state index in [0.717, 1.165) is 16.7 Å². The summed E-state index contributed by atoms with van der Waals surface area (Å²) in [6.45, 7) is 4.26. The Balaban J connectivity index is 1.42. The lowest BCUT2D eigenvalue weighted by Gasteiger charge is -2.05. The van der Waals surface area contributed by atoms with Crippen molar-refractivity contribution in [2.45, 2.75) is 13.8 Å². The molecule has 6 heteroatoms. The summed E-state index contributed by atoms with van der Waals surface area (Å²) in [5.41, 5.74) is 5.72. The van der Waals surface area contributed by atoms with E-state index in [1.54, 1.807) is 30.3 Å². The first-order chi connectivity index (χ1) is 14.0. The normalized spacial score (nSPS) is 12.3. The Morgan fingerprint density at radius 2 is 1.72 bits per heavy atom. The van der Waals surface area contributed by atoms with E-state index in [9.17, 15) is 4.79 Å². The number of hydrogen-bond donors (Lipinski definition) is 1. The number of benzene rings is 3. The summed E-state index contributed by atoms with van der Waals surface area (Å²) in [6.07, 6.45) is 0. The highest BCUT2D eigenvalue weighted by Gasteiger charge is 2.17. The summed E-state index contributed by atoms with van der Waals surface area (Å²) in [4.78, 5) is 17.2. The van der Waals surface area contributed by atoms with E-state index in [1.807, 2.05) is 32.0 Å². The summed E-state index contributed by atoms with van der Waals surface area (Å²) in [5, 5.41) is 2.89. The van der Waals surface area contributed by atoms with Gasteiger partial charge in [0, 0.05) is 16.8 Å². The number of nitrogens with zero attached hydrogens (tertiary/aromatic N) is 1. The number of carbonyl (C=O) groups excluding carboxylic acids is 1. The average Bonchev–Trinajstić information content (AvgIpc) is 3.33. The fourth-order valence-corrected chi connectivity index (χ4v) is 3.47. The van der Waals surface area contributed by atoms with Crippen LogP contribution in [0.25, 0.3) is 22.6 Å². The van der Waals surface area contributed by atoms with Crippen molar-refractivity contribution in [2.75, 3.05) is 12.1 Å². The number of hydrogen-bond acceptors (Lipinski definition) is 5. The Kier molecular flexibility index (Phi) is 3.98. The van der Waals surface area contributed by atoms with Crippen molar-refractivity contribution in [1.29, 1.82) is 0 Å². The lowest BCUT2D eigenvalue weighted by molar-refractivity contribution is 0.102. The van der Waals surface area contributed by atoms with Crippen LogP contribution in [0, 0.1) is 13.8 Å². The number of ether oxygens (including phenoxy) is 2. The van der Waals surface area contributed by atoms with Crippen LogP contribution in [0.4, 0.5) is 5.69 Å². The second kappa shape index (κ2) is 6.67. The van der Waals surface area contributed by atoms with Crippen LogP contribution < -0.4 is 14.8 Å². The fourth-order valence-electron chi connectivity index (χ4n) is 3.47. The molecule has 0 saturated heterocycles. The van der Waals surface area contributed by atoms with Gasteiger partial charge in [-0.3, -0.25) is 4.79 Å². The molecule has 4 aromatic rings. The first-order valence-corrected chi connectivity index (χ1v) is 9.25. The predicted molar refractivity (Wildman–Crippen MR) is 109 cm³/mol. The van der Waals surface area contributed by atoms with Crippen LogP contribution in [0.2, 0.25) is 0 Å².